The summed E-state index contributed by atoms with van der Waals surface area (Å²) in [6.07, 6.45) is 0. The highest BCUT2D eigenvalue weighted by molar-refractivity contribution is 6.35. The highest BCUT2D eigenvalue weighted by Gasteiger charge is 2.14. The number of hydrogen-bond acceptors (Lipinski definition) is 1. The molecule has 0 saturated heterocycles. The van der Waals surface area contributed by atoms with E-state index in [-0.39, 0.29) is 5.75 Å². The van der Waals surface area contributed by atoms with E-state index in [1.807, 2.05) is 0 Å². The van der Waals surface area contributed by atoms with Gasteiger partial charge in [0.2, 0.25) is 0 Å². The van der Waals surface area contributed by atoms with E-state index in [9.17, 15) is 8.78 Å². The van der Waals surface area contributed by atoms with Crippen LogP contribution in [-0.4, -0.2) is 6.61 Å². The van der Waals surface area contributed by atoms with E-state index in [0.29, 0.717) is 26.2 Å². The Hall–Kier alpha value is -1.03. The average molecular weight is 324 g/mol. The predicted octanol–water partition coefficient (Wildman–Crippen LogP) is 5.92. The summed E-state index contributed by atoms with van der Waals surface area (Å²) in [6, 6.07) is 9.06. The van der Waals surface area contributed by atoms with Gasteiger partial charge in [-0.1, -0.05) is 34.8 Å². The third kappa shape index (κ3) is 3.50. The van der Waals surface area contributed by atoms with Crippen molar-refractivity contribution in [3.05, 3.63) is 51.5 Å². The van der Waals surface area contributed by atoms with E-state index in [1.54, 1.807) is 18.2 Å². The molecule has 0 atom stereocenters. The molecule has 0 aliphatic heterocycles. The zero-order chi connectivity index (χ0) is 14.0. The Kier molecular flexibility index (Phi) is 4.50. The lowest BCUT2D eigenvalue weighted by molar-refractivity contribution is -0.0494. The molecule has 2 rings (SSSR count). The average Bonchev–Trinajstić information content (AvgIpc) is 2.34. The largest absolute Gasteiger partial charge is 0.434 e. The van der Waals surface area contributed by atoms with Crippen LogP contribution in [0.5, 0.6) is 5.75 Å². The fourth-order valence-corrected chi connectivity index (χ4v) is 2.18. The van der Waals surface area contributed by atoms with Gasteiger partial charge in [-0.3, -0.25) is 0 Å². The van der Waals surface area contributed by atoms with Crippen LogP contribution in [0.1, 0.15) is 0 Å². The first-order chi connectivity index (χ1) is 8.97. The van der Waals surface area contributed by atoms with E-state index in [1.165, 1.54) is 18.2 Å². The van der Waals surface area contributed by atoms with Crippen LogP contribution >= 0.6 is 34.8 Å². The molecule has 0 saturated carbocycles. The summed E-state index contributed by atoms with van der Waals surface area (Å²) in [4.78, 5) is 0. The van der Waals surface area contributed by atoms with Crippen molar-refractivity contribution in [2.45, 2.75) is 6.61 Å². The van der Waals surface area contributed by atoms with E-state index in [0.717, 1.165) is 0 Å². The summed E-state index contributed by atoms with van der Waals surface area (Å²) < 4.78 is 29.2. The molecule has 1 nitrogen and oxygen atoms in total. The molecule has 0 aliphatic rings. The molecular weight excluding hydrogens is 316 g/mol. The van der Waals surface area contributed by atoms with Gasteiger partial charge in [0.05, 0.1) is 0 Å². The highest BCUT2D eigenvalue weighted by atomic mass is 35.5. The second kappa shape index (κ2) is 5.95. The van der Waals surface area contributed by atoms with Gasteiger partial charge < -0.3 is 4.74 Å². The fourth-order valence-electron chi connectivity index (χ4n) is 1.62. The van der Waals surface area contributed by atoms with Gasteiger partial charge in [-0.15, -0.1) is 0 Å². The van der Waals surface area contributed by atoms with Crippen LogP contribution in [0.25, 0.3) is 11.1 Å². The van der Waals surface area contributed by atoms with Gasteiger partial charge in [0.1, 0.15) is 5.75 Å². The fraction of sp³-hybridized carbons (Fsp3) is 0.0769. The van der Waals surface area contributed by atoms with Crippen molar-refractivity contribution in [1.82, 2.24) is 0 Å². The van der Waals surface area contributed by atoms with Crippen molar-refractivity contribution >= 4 is 34.8 Å². The lowest BCUT2D eigenvalue weighted by Gasteiger charge is -2.12. The van der Waals surface area contributed by atoms with Crippen molar-refractivity contribution in [1.29, 1.82) is 0 Å². The molecule has 100 valence electrons. The normalized spacial score (nSPS) is 10.8. The van der Waals surface area contributed by atoms with Crippen LogP contribution in [0.4, 0.5) is 8.78 Å². The van der Waals surface area contributed by atoms with Crippen LogP contribution < -0.4 is 4.74 Å². The minimum Gasteiger partial charge on any atom is -0.434 e. The minimum absolute atomic E-state index is 0.0106. The zero-order valence-corrected chi connectivity index (χ0v) is 11.6. The topological polar surface area (TPSA) is 9.23 Å². The maximum atomic E-state index is 12.4. The lowest BCUT2D eigenvalue weighted by atomic mass is 10.0. The number of hydrogen-bond donors (Lipinski definition) is 0. The number of benzene rings is 2. The Balaban J connectivity index is 2.59. The first-order valence-corrected chi connectivity index (χ1v) is 6.30. The summed E-state index contributed by atoms with van der Waals surface area (Å²) in [7, 11) is 0. The molecule has 0 aliphatic carbocycles. The molecule has 2 aromatic carbocycles. The monoisotopic (exact) mass is 322 g/mol. The third-order valence-corrected chi connectivity index (χ3v) is 3.18. The van der Waals surface area contributed by atoms with Crippen molar-refractivity contribution in [3.8, 4) is 16.9 Å². The van der Waals surface area contributed by atoms with Gasteiger partial charge in [0, 0.05) is 26.2 Å². The molecule has 0 heterocycles. The van der Waals surface area contributed by atoms with E-state index >= 15 is 0 Å². The Morgan fingerprint density at radius 3 is 2.05 bits per heavy atom. The standard InChI is InChI=1S/C13H7Cl3F2O/c14-7-1-3-11(16)9(5-7)10-6-8(15)2-4-12(10)19-13(17)18/h1-6,13H. The Bertz CT molecular complexity index is 602. The molecule has 0 N–H and O–H groups in total. The first-order valence-electron chi connectivity index (χ1n) is 5.17. The van der Waals surface area contributed by atoms with E-state index in [4.69, 9.17) is 34.8 Å². The smallest absolute Gasteiger partial charge is 0.387 e. The van der Waals surface area contributed by atoms with Crippen molar-refractivity contribution in [2.24, 2.45) is 0 Å². The maximum absolute atomic E-state index is 12.4. The van der Waals surface area contributed by atoms with Crippen LogP contribution in [0.15, 0.2) is 36.4 Å². The molecule has 0 radical (unpaired) electrons. The highest BCUT2D eigenvalue weighted by Crippen LogP contribution is 2.38. The van der Waals surface area contributed by atoms with Crippen molar-refractivity contribution in [3.63, 3.8) is 0 Å². The molecular formula is C13H7Cl3F2O. The van der Waals surface area contributed by atoms with Crippen LogP contribution in [0.2, 0.25) is 15.1 Å². The van der Waals surface area contributed by atoms with Gasteiger partial charge in [-0.25, -0.2) is 0 Å². The molecule has 0 fully saturated rings. The lowest BCUT2D eigenvalue weighted by Crippen LogP contribution is -2.03. The predicted molar refractivity (Wildman–Crippen MR) is 73.5 cm³/mol. The Morgan fingerprint density at radius 1 is 0.842 bits per heavy atom. The van der Waals surface area contributed by atoms with Crippen LogP contribution in [-0.2, 0) is 0 Å². The molecule has 0 unspecified atom stereocenters. The molecule has 0 bridgehead atoms. The van der Waals surface area contributed by atoms with Gasteiger partial charge in [-0.2, -0.15) is 8.78 Å². The quantitative estimate of drug-likeness (QED) is 0.681. The summed E-state index contributed by atoms with van der Waals surface area (Å²) in [5.41, 5.74) is 0.840. The summed E-state index contributed by atoms with van der Waals surface area (Å²) in [6.45, 7) is -2.93. The van der Waals surface area contributed by atoms with Gasteiger partial charge in [-0.05, 0) is 36.4 Å². The molecule has 2 aromatic rings. The Labute approximate surface area is 123 Å². The van der Waals surface area contributed by atoms with Gasteiger partial charge in [0.15, 0.2) is 0 Å². The molecule has 0 amide bonds. The van der Waals surface area contributed by atoms with Gasteiger partial charge in [0.25, 0.3) is 0 Å². The summed E-state index contributed by atoms with van der Waals surface area (Å²) >= 11 is 17.8. The minimum atomic E-state index is -2.93. The van der Waals surface area contributed by atoms with E-state index in [2.05, 4.69) is 4.74 Å². The second-order valence-electron chi connectivity index (χ2n) is 3.64. The number of alkyl halides is 2. The third-order valence-electron chi connectivity index (χ3n) is 2.38. The van der Waals surface area contributed by atoms with Crippen LogP contribution in [0, 0.1) is 0 Å². The SMILES string of the molecule is FC(F)Oc1ccc(Cl)cc1-c1cc(Cl)ccc1Cl. The number of ether oxygens (including phenoxy) is 1. The molecule has 19 heavy (non-hydrogen) atoms. The van der Waals surface area contributed by atoms with Crippen molar-refractivity contribution < 1.29 is 13.5 Å². The molecule has 0 aromatic heterocycles. The number of rotatable bonds is 3. The first kappa shape index (κ1) is 14.4. The number of halogens is 5. The van der Waals surface area contributed by atoms with Gasteiger partial charge >= 0.3 is 6.61 Å². The summed E-state index contributed by atoms with van der Waals surface area (Å²) in [5, 5.41) is 1.18. The summed E-state index contributed by atoms with van der Waals surface area (Å²) in [5.74, 6) is -0.0106. The molecule has 0 spiro atoms. The van der Waals surface area contributed by atoms with Crippen molar-refractivity contribution in [2.75, 3.05) is 0 Å². The zero-order valence-electron chi connectivity index (χ0n) is 9.34. The van der Waals surface area contributed by atoms with Crippen LogP contribution in [0.3, 0.4) is 0 Å². The Morgan fingerprint density at radius 2 is 1.42 bits per heavy atom. The maximum Gasteiger partial charge on any atom is 0.387 e. The second-order valence-corrected chi connectivity index (χ2v) is 4.92. The molecule has 6 heteroatoms. The van der Waals surface area contributed by atoms with E-state index < -0.39 is 6.61 Å².